The molecule has 0 spiro atoms. The zero-order valence-corrected chi connectivity index (χ0v) is 19.9. The van der Waals surface area contributed by atoms with E-state index in [1.807, 2.05) is 44.2 Å². The van der Waals surface area contributed by atoms with Crippen LogP contribution in [0.15, 0.2) is 65.1 Å². The van der Waals surface area contributed by atoms with Gasteiger partial charge in [0.15, 0.2) is 11.6 Å². The molecule has 1 fully saturated rings. The first-order valence-corrected chi connectivity index (χ1v) is 12.6. The Morgan fingerprint density at radius 1 is 1.21 bits per heavy atom. The first kappa shape index (κ1) is 24.1. The van der Waals surface area contributed by atoms with E-state index in [0.29, 0.717) is 37.0 Å². The van der Waals surface area contributed by atoms with Gasteiger partial charge in [-0.2, -0.15) is 0 Å². The number of nitrogens with two attached hydrogens (primary N) is 1. The molecule has 2 bridgehead atoms. The molecule has 5 nitrogen and oxygen atoms in total. The number of phenolic OH excluding ortho intramolecular Hbond substituents is 1. The Bertz CT molecular complexity index is 1070. The van der Waals surface area contributed by atoms with Crippen molar-refractivity contribution in [3.8, 4) is 5.75 Å². The van der Waals surface area contributed by atoms with Gasteiger partial charge in [-0.1, -0.05) is 35.9 Å². The predicted molar refractivity (Wildman–Crippen MR) is 127 cm³/mol. The fraction of sp³-hybridized carbons (Fsp3) is 0.462. The minimum absolute atomic E-state index is 0.0720. The van der Waals surface area contributed by atoms with Crippen molar-refractivity contribution in [1.29, 1.82) is 0 Å². The number of hydrogen-bond acceptors (Lipinski definition) is 5. The topological polar surface area (TPSA) is 92.8 Å². The van der Waals surface area contributed by atoms with Crippen molar-refractivity contribution in [1.82, 2.24) is 0 Å². The van der Waals surface area contributed by atoms with E-state index in [2.05, 4.69) is 6.08 Å². The van der Waals surface area contributed by atoms with Gasteiger partial charge < -0.3 is 20.7 Å². The van der Waals surface area contributed by atoms with Crippen LogP contribution in [0.1, 0.15) is 51.2 Å². The number of benzene rings is 2. The van der Waals surface area contributed by atoms with Crippen LogP contribution in [0.3, 0.4) is 0 Å². The van der Waals surface area contributed by atoms with Crippen LogP contribution < -0.4 is 5.73 Å². The van der Waals surface area contributed by atoms with Gasteiger partial charge in [-0.15, -0.1) is 0 Å². The predicted octanol–water partition coefficient (Wildman–Crippen LogP) is 4.37. The van der Waals surface area contributed by atoms with Crippen LogP contribution in [0.25, 0.3) is 0 Å². The van der Waals surface area contributed by atoms with Crippen LogP contribution in [-0.2, 0) is 15.5 Å². The van der Waals surface area contributed by atoms with Gasteiger partial charge in [0.2, 0.25) is 0 Å². The van der Waals surface area contributed by atoms with Crippen molar-refractivity contribution < 1.29 is 23.5 Å². The average molecular weight is 474 g/mol. The SMILES string of the molecule is CC1(C)OC(c2ccc(O)c(F)c2)C2(N)CC1(CO)CC=C2CCCS(=O)c1ccccc1. The lowest BCUT2D eigenvalue weighted by Gasteiger charge is -2.61. The second-order valence-electron chi connectivity index (χ2n) is 9.77. The number of phenols is 1. The molecule has 0 radical (unpaired) electrons. The summed E-state index contributed by atoms with van der Waals surface area (Å²) < 4.78 is 33.4. The summed E-state index contributed by atoms with van der Waals surface area (Å²) in [5, 5.41) is 20.0. The number of fused-ring (bicyclic) bond motifs is 2. The Kier molecular flexibility index (Phi) is 6.53. The first-order chi connectivity index (χ1) is 15.6. The maximum atomic E-state index is 14.2. The lowest BCUT2D eigenvalue weighted by molar-refractivity contribution is -0.229. The summed E-state index contributed by atoms with van der Waals surface area (Å²) in [5.41, 5.74) is 6.38. The number of aliphatic hydroxyl groups excluding tert-OH is 1. The second-order valence-corrected chi connectivity index (χ2v) is 11.3. The van der Waals surface area contributed by atoms with Gasteiger partial charge in [0, 0.05) is 16.1 Å². The van der Waals surface area contributed by atoms with Crippen LogP contribution in [-0.4, -0.2) is 37.9 Å². The van der Waals surface area contributed by atoms with Gasteiger partial charge in [-0.25, -0.2) is 4.39 Å². The molecular weight excluding hydrogens is 441 g/mol. The maximum Gasteiger partial charge on any atom is 0.165 e. The number of allylic oxidation sites excluding steroid dienone is 1. The molecular formula is C26H32FNO4S. The summed E-state index contributed by atoms with van der Waals surface area (Å²) in [6.07, 6.45) is 3.89. The molecule has 2 aromatic carbocycles. The highest BCUT2D eigenvalue weighted by molar-refractivity contribution is 7.85. The van der Waals surface area contributed by atoms with E-state index < -0.39 is 45.0 Å². The largest absolute Gasteiger partial charge is 0.505 e. The van der Waals surface area contributed by atoms with E-state index >= 15 is 0 Å². The highest BCUT2D eigenvalue weighted by Gasteiger charge is 2.61. The van der Waals surface area contributed by atoms with Gasteiger partial charge in [-0.05, 0) is 69.4 Å². The molecule has 2 aromatic rings. The third-order valence-corrected chi connectivity index (χ3v) is 8.94. The zero-order chi connectivity index (χ0) is 23.9. The summed E-state index contributed by atoms with van der Waals surface area (Å²) in [6.45, 7) is 3.81. The molecule has 4 N–H and O–H groups in total. The monoisotopic (exact) mass is 473 g/mol. The molecule has 1 saturated heterocycles. The number of rotatable bonds is 7. The molecule has 2 aliphatic rings. The molecule has 4 atom stereocenters. The maximum absolute atomic E-state index is 14.2. The van der Waals surface area contributed by atoms with E-state index in [9.17, 15) is 18.8 Å². The molecule has 0 aromatic heterocycles. The Hall–Kier alpha value is -2.06. The summed E-state index contributed by atoms with van der Waals surface area (Å²) in [6, 6.07) is 13.6. The Morgan fingerprint density at radius 2 is 1.94 bits per heavy atom. The summed E-state index contributed by atoms with van der Waals surface area (Å²) in [7, 11) is -1.10. The molecule has 4 unspecified atom stereocenters. The summed E-state index contributed by atoms with van der Waals surface area (Å²) in [5.74, 6) is -0.642. The molecule has 1 aliphatic heterocycles. The Labute approximate surface area is 196 Å². The van der Waals surface area contributed by atoms with Crippen molar-refractivity contribution in [3.05, 3.63) is 71.6 Å². The lowest BCUT2D eigenvalue weighted by Crippen LogP contribution is -2.66. The van der Waals surface area contributed by atoms with E-state index in [4.69, 9.17) is 10.5 Å². The van der Waals surface area contributed by atoms with Crippen LogP contribution in [0, 0.1) is 11.2 Å². The van der Waals surface area contributed by atoms with E-state index in [1.165, 1.54) is 12.1 Å². The molecule has 0 amide bonds. The summed E-state index contributed by atoms with van der Waals surface area (Å²) in [4.78, 5) is 0.803. The fourth-order valence-electron chi connectivity index (χ4n) is 5.28. The number of hydrogen-bond donors (Lipinski definition) is 3. The quantitative estimate of drug-likeness (QED) is 0.520. The zero-order valence-electron chi connectivity index (χ0n) is 19.1. The van der Waals surface area contributed by atoms with E-state index in [0.717, 1.165) is 10.5 Å². The first-order valence-electron chi connectivity index (χ1n) is 11.3. The molecule has 0 saturated carbocycles. The van der Waals surface area contributed by atoms with Crippen LogP contribution in [0.5, 0.6) is 5.75 Å². The Balaban J connectivity index is 1.62. The van der Waals surface area contributed by atoms with Gasteiger partial charge in [0.25, 0.3) is 0 Å². The van der Waals surface area contributed by atoms with Gasteiger partial charge in [0.1, 0.15) is 6.10 Å². The van der Waals surface area contributed by atoms with Crippen molar-refractivity contribution in [3.63, 3.8) is 0 Å². The molecule has 33 heavy (non-hydrogen) atoms. The third kappa shape index (κ3) is 4.28. The number of halogens is 1. The van der Waals surface area contributed by atoms with Gasteiger partial charge in [-0.3, -0.25) is 4.21 Å². The van der Waals surface area contributed by atoms with Crippen molar-refractivity contribution in [2.75, 3.05) is 12.4 Å². The van der Waals surface area contributed by atoms with E-state index in [1.54, 1.807) is 6.07 Å². The van der Waals surface area contributed by atoms with Gasteiger partial charge in [0.05, 0.1) is 28.5 Å². The fourth-order valence-corrected chi connectivity index (χ4v) is 6.38. The molecule has 4 rings (SSSR count). The van der Waals surface area contributed by atoms with Gasteiger partial charge >= 0.3 is 0 Å². The third-order valence-electron chi connectivity index (χ3n) is 7.48. The van der Waals surface area contributed by atoms with Crippen molar-refractivity contribution in [2.45, 2.75) is 61.7 Å². The second kappa shape index (κ2) is 8.95. The number of ether oxygens (including phenoxy) is 1. The summed E-state index contributed by atoms with van der Waals surface area (Å²) >= 11 is 0. The van der Waals surface area contributed by atoms with Crippen LogP contribution in [0.4, 0.5) is 4.39 Å². The van der Waals surface area contributed by atoms with Crippen LogP contribution >= 0.6 is 0 Å². The molecule has 1 aliphatic carbocycles. The average Bonchev–Trinajstić information content (AvgIpc) is 2.80. The molecule has 7 heteroatoms. The van der Waals surface area contributed by atoms with Crippen LogP contribution in [0.2, 0.25) is 0 Å². The Morgan fingerprint density at radius 3 is 2.61 bits per heavy atom. The highest BCUT2D eigenvalue weighted by atomic mass is 32.2. The number of aliphatic hydroxyl groups is 1. The number of aromatic hydroxyl groups is 1. The normalized spacial score (nSPS) is 29.4. The lowest BCUT2D eigenvalue weighted by atomic mass is 9.55. The molecule has 178 valence electrons. The highest BCUT2D eigenvalue weighted by Crippen LogP contribution is 2.59. The van der Waals surface area contributed by atoms with Crippen molar-refractivity contribution >= 4 is 10.8 Å². The smallest absolute Gasteiger partial charge is 0.165 e. The standard InChI is InChI=1S/C26H32FNO4S/c1-24(2)25(17-29)13-12-19(7-6-14-33(31)20-8-4-3-5-9-20)26(28,16-25)23(32-24)18-10-11-22(30)21(27)15-18/h3-5,8-12,15,23,29-30H,6-7,13-14,16-17,28H2,1-2H3. The minimum atomic E-state index is -1.10. The van der Waals surface area contributed by atoms with Crippen molar-refractivity contribution in [2.24, 2.45) is 11.1 Å². The van der Waals surface area contributed by atoms with E-state index in [-0.39, 0.29) is 6.61 Å². The minimum Gasteiger partial charge on any atom is -0.505 e. The molecule has 1 heterocycles.